The summed E-state index contributed by atoms with van der Waals surface area (Å²) in [5.74, 6) is -1.67. The average Bonchev–Trinajstić information content (AvgIpc) is 2.79. The number of piperidine rings is 1. The predicted molar refractivity (Wildman–Crippen MR) is 119 cm³/mol. The van der Waals surface area contributed by atoms with Crippen LogP contribution in [-0.4, -0.2) is 44.3 Å². The maximum absolute atomic E-state index is 13.1. The Morgan fingerprint density at radius 2 is 1.87 bits per heavy atom. The van der Waals surface area contributed by atoms with Crippen molar-refractivity contribution in [3.05, 3.63) is 53.6 Å². The van der Waals surface area contributed by atoms with E-state index in [-0.39, 0.29) is 16.4 Å². The number of carbonyl (C=O) groups excluding carboxylic acids is 2. The Labute approximate surface area is 182 Å². The SMILES string of the molecule is CCc1ccccc1NS(=O)(=O)c1ccc2c(c1)C(=O)C(C(=O)N1CCCCC1)C=N2. The third-order valence-corrected chi connectivity index (χ3v) is 7.13. The second kappa shape index (κ2) is 8.63. The van der Waals surface area contributed by atoms with E-state index >= 15 is 0 Å². The number of hydrogen-bond donors (Lipinski definition) is 1. The Hall–Kier alpha value is -3.00. The number of anilines is 1. The molecule has 0 saturated carbocycles. The van der Waals surface area contributed by atoms with Crippen molar-refractivity contribution < 1.29 is 18.0 Å². The summed E-state index contributed by atoms with van der Waals surface area (Å²) >= 11 is 0. The molecule has 2 aliphatic heterocycles. The monoisotopic (exact) mass is 439 g/mol. The normalized spacial score (nSPS) is 18.5. The Bertz CT molecular complexity index is 1150. The molecule has 1 amide bonds. The number of para-hydroxylation sites is 1. The molecule has 0 spiro atoms. The molecular weight excluding hydrogens is 414 g/mol. The highest BCUT2D eigenvalue weighted by molar-refractivity contribution is 7.92. The van der Waals surface area contributed by atoms with Crippen molar-refractivity contribution in [2.24, 2.45) is 10.9 Å². The van der Waals surface area contributed by atoms with Crippen molar-refractivity contribution in [1.82, 2.24) is 4.90 Å². The van der Waals surface area contributed by atoms with Crippen LogP contribution in [0, 0.1) is 5.92 Å². The first kappa shape index (κ1) is 21.2. The standard InChI is InChI=1S/C23H25N3O4S/c1-2-16-8-4-5-9-20(16)25-31(29,30)17-10-11-21-18(14-17)22(27)19(15-24-21)23(28)26-12-6-3-7-13-26/h4-5,8-11,14-15,19,25H,2-3,6-7,12-13H2,1H3. The number of sulfonamides is 1. The molecule has 0 bridgehead atoms. The van der Waals surface area contributed by atoms with Gasteiger partial charge in [0.15, 0.2) is 5.78 Å². The Morgan fingerprint density at radius 3 is 2.61 bits per heavy atom. The fourth-order valence-electron chi connectivity index (χ4n) is 4.00. The minimum Gasteiger partial charge on any atom is -0.342 e. The van der Waals surface area contributed by atoms with Crippen molar-refractivity contribution in [1.29, 1.82) is 0 Å². The highest BCUT2D eigenvalue weighted by Crippen LogP contribution is 2.31. The lowest BCUT2D eigenvalue weighted by molar-refractivity contribution is -0.132. The van der Waals surface area contributed by atoms with Gasteiger partial charge in [0, 0.05) is 24.9 Å². The summed E-state index contributed by atoms with van der Waals surface area (Å²) in [6, 6.07) is 11.4. The predicted octanol–water partition coefficient (Wildman–Crippen LogP) is 3.58. The van der Waals surface area contributed by atoms with Gasteiger partial charge in [-0.15, -0.1) is 0 Å². The maximum Gasteiger partial charge on any atom is 0.261 e. The van der Waals surface area contributed by atoms with Crippen LogP contribution in [0.4, 0.5) is 11.4 Å². The quantitative estimate of drug-likeness (QED) is 0.721. The molecule has 2 aliphatic rings. The van der Waals surface area contributed by atoms with E-state index in [1.165, 1.54) is 24.4 Å². The average molecular weight is 440 g/mol. The largest absolute Gasteiger partial charge is 0.342 e. The van der Waals surface area contributed by atoms with Crippen molar-refractivity contribution >= 4 is 39.3 Å². The summed E-state index contributed by atoms with van der Waals surface area (Å²) in [5, 5.41) is 0. The van der Waals surface area contributed by atoms with Gasteiger partial charge in [-0.25, -0.2) is 8.42 Å². The molecular formula is C23H25N3O4S. The molecule has 2 aromatic rings. The number of aryl methyl sites for hydroxylation is 1. The molecule has 7 nitrogen and oxygen atoms in total. The van der Waals surface area contributed by atoms with E-state index in [0.29, 0.717) is 30.9 Å². The lowest BCUT2D eigenvalue weighted by Crippen LogP contribution is -2.43. The van der Waals surface area contributed by atoms with Gasteiger partial charge in [0.25, 0.3) is 10.0 Å². The molecule has 1 N–H and O–H groups in total. The van der Waals surface area contributed by atoms with E-state index in [1.807, 2.05) is 19.1 Å². The van der Waals surface area contributed by atoms with Crippen molar-refractivity contribution in [3.8, 4) is 0 Å². The van der Waals surface area contributed by atoms with Crippen molar-refractivity contribution in [3.63, 3.8) is 0 Å². The molecule has 162 valence electrons. The number of rotatable bonds is 5. The third-order valence-electron chi connectivity index (χ3n) is 5.77. The summed E-state index contributed by atoms with van der Waals surface area (Å²) < 4.78 is 28.6. The first-order valence-electron chi connectivity index (χ1n) is 10.5. The number of aliphatic imine (C=N–C) groups is 1. The molecule has 1 fully saturated rings. The number of likely N-dealkylation sites (tertiary alicyclic amines) is 1. The molecule has 0 radical (unpaired) electrons. The Morgan fingerprint density at radius 1 is 1.13 bits per heavy atom. The molecule has 4 rings (SSSR count). The van der Waals surface area contributed by atoms with Gasteiger partial charge < -0.3 is 4.90 Å². The van der Waals surface area contributed by atoms with E-state index in [2.05, 4.69) is 9.71 Å². The number of Topliss-reactive ketones (excluding diaryl/α,β-unsaturated/α-hetero) is 1. The van der Waals surface area contributed by atoms with E-state index < -0.39 is 21.7 Å². The molecule has 0 aromatic heterocycles. The van der Waals surface area contributed by atoms with Crippen LogP contribution < -0.4 is 4.72 Å². The molecule has 0 aliphatic carbocycles. The number of fused-ring (bicyclic) bond motifs is 1. The van der Waals surface area contributed by atoms with Crippen LogP contribution in [0.15, 0.2) is 52.4 Å². The molecule has 1 unspecified atom stereocenters. The van der Waals surface area contributed by atoms with E-state index in [4.69, 9.17) is 0 Å². The zero-order chi connectivity index (χ0) is 22.0. The second-order valence-electron chi connectivity index (χ2n) is 7.80. The van der Waals surface area contributed by atoms with E-state index in [1.54, 1.807) is 17.0 Å². The maximum atomic E-state index is 13.1. The van der Waals surface area contributed by atoms with Crippen LogP contribution >= 0.6 is 0 Å². The fraction of sp³-hybridized carbons (Fsp3) is 0.348. The lowest BCUT2D eigenvalue weighted by Gasteiger charge is -2.29. The first-order valence-corrected chi connectivity index (χ1v) is 12.0. The number of ketones is 1. The molecule has 8 heteroatoms. The van der Waals surface area contributed by atoms with Crippen LogP contribution in [0.25, 0.3) is 0 Å². The molecule has 2 aromatic carbocycles. The van der Waals surface area contributed by atoms with Gasteiger partial charge in [-0.3, -0.25) is 19.3 Å². The van der Waals surface area contributed by atoms with E-state index in [0.717, 1.165) is 24.8 Å². The summed E-state index contributed by atoms with van der Waals surface area (Å²) in [7, 11) is -3.91. The topological polar surface area (TPSA) is 95.9 Å². The lowest BCUT2D eigenvalue weighted by atomic mass is 9.93. The van der Waals surface area contributed by atoms with Crippen LogP contribution in [0.3, 0.4) is 0 Å². The van der Waals surface area contributed by atoms with Crippen LogP contribution in [0.2, 0.25) is 0 Å². The third kappa shape index (κ3) is 4.25. The highest BCUT2D eigenvalue weighted by Gasteiger charge is 2.35. The van der Waals surface area contributed by atoms with Crippen LogP contribution in [-0.2, 0) is 21.2 Å². The van der Waals surface area contributed by atoms with Crippen molar-refractivity contribution in [2.75, 3.05) is 17.8 Å². The molecule has 1 atom stereocenters. The number of benzene rings is 2. The van der Waals surface area contributed by atoms with Gasteiger partial charge in [-0.1, -0.05) is 25.1 Å². The summed E-state index contributed by atoms with van der Waals surface area (Å²) in [5.41, 5.74) is 1.91. The number of amides is 1. The number of nitrogens with zero attached hydrogens (tertiary/aromatic N) is 2. The minimum absolute atomic E-state index is 0.0354. The van der Waals surface area contributed by atoms with Crippen LogP contribution in [0.1, 0.15) is 42.1 Å². The van der Waals surface area contributed by atoms with Crippen LogP contribution in [0.5, 0.6) is 0 Å². The van der Waals surface area contributed by atoms with Crippen molar-refractivity contribution in [2.45, 2.75) is 37.5 Å². The number of carbonyl (C=O) groups is 2. The molecule has 1 saturated heterocycles. The second-order valence-corrected chi connectivity index (χ2v) is 9.48. The first-order chi connectivity index (χ1) is 14.9. The zero-order valence-corrected chi connectivity index (χ0v) is 18.2. The van der Waals surface area contributed by atoms with Gasteiger partial charge in [-0.2, -0.15) is 0 Å². The summed E-state index contributed by atoms with van der Waals surface area (Å²) in [6.07, 6.45) is 4.98. The smallest absolute Gasteiger partial charge is 0.261 e. The zero-order valence-electron chi connectivity index (χ0n) is 17.4. The van der Waals surface area contributed by atoms with Gasteiger partial charge in [-0.05, 0) is 55.5 Å². The summed E-state index contributed by atoms with van der Waals surface area (Å²) in [4.78, 5) is 31.9. The Kier molecular flexibility index (Phi) is 5.91. The molecule has 2 heterocycles. The van der Waals surface area contributed by atoms with E-state index in [9.17, 15) is 18.0 Å². The van der Waals surface area contributed by atoms with Gasteiger partial charge in [0.2, 0.25) is 5.91 Å². The summed E-state index contributed by atoms with van der Waals surface area (Å²) in [6.45, 7) is 3.22. The van der Waals surface area contributed by atoms with Gasteiger partial charge in [0.05, 0.1) is 16.3 Å². The minimum atomic E-state index is -3.91. The fourth-order valence-corrected chi connectivity index (χ4v) is 5.13. The molecule has 31 heavy (non-hydrogen) atoms. The highest BCUT2D eigenvalue weighted by atomic mass is 32.2. The van der Waals surface area contributed by atoms with Gasteiger partial charge in [0.1, 0.15) is 5.92 Å². The van der Waals surface area contributed by atoms with Gasteiger partial charge >= 0.3 is 0 Å². The number of nitrogens with one attached hydrogen (secondary N) is 1. The Balaban J connectivity index is 1.61. The number of hydrogen-bond acceptors (Lipinski definition) is 5.